The van der Waals surface area contributed by atoms with Crippen LogP contribution in [0.3, 0.4) is 0 Å². The average molecular weight is 316 g/mol. The molecule has 23 heavy (non-hydrogen) atoms. The van der Waals surface area contributed by atoms with Gasteiger partial charge in [0.2, 0.25) is 0 Å². The molecule has 0 atom stereocenters. The molecule has 0 spiro atoms. The number of benzene rings is 1. The van der Waals surface area contributed by atoms with Gasteiger partial charge in [-0.2, -0.15) is 0 Å². The summed E-state index contributed by atoms with van der Waals surface area (Å²) < 4.78 is 5.23. The third kappa shape index (κ3) is 5.33. The zero-order valence-electron chi connectivity index (χ0n) is 14.4. The molecule has 1 N–H and O–H groups in total. The van der Waals surface area contributed by atoms with Crippen molar-refractivity contribution in [2.45, 2.75) is 46.1 Å². The van der Waals surface area contributed by atoms with Crippen molar-refractivity contribution in [3.63, 3.8) is 0 Å². The molecule has 124 valence electrons. The Bertz CT molecular complexity index is 621. The average Bonchev–Trinajstić information content (AvgIpc) is 2.51. The Hall–Kier alpha value is -2.48. The first-order valence-electron chi connectivity index (χ1n) is 7.58. The summed E-state index contributed by atoms with van der Waals surface area (Å²) in [7, 11) is 1.50. The molecule has 0 aliphatic heterocycles. The topological polar surface area (TPSA) is 58.6 Å². The molecule has 0 heterocycles. The van der Waals surface area contributed by atoms with Crippen LogP contribution in [0.2, 0.25) is 0 Å². The second kappa shape index (κ2) is 8.23. The Balaban J connectivity index is 3.06. The second-order valence-electron chi connectivity index (χ2n) is 6.00. The molecule has 1 aromatic carbocycles. The van der Waals surface area contributed by atoms with Crippen molar-refractivity contribution in [3.05, 3.63) is 29.8 Å². The SMILES string of the molecule is CCCC#CC(=O)NN(C(=O)c1ccccc1OC)C(C)(C)C. The molecule has 0 bridgehead atoms. The van der Waals surface area contributed by atoms with Crippen LogP contribution < -0.4 is 10.2 Å². The maximum Gasteiger partial charge on any atom is 0.314 e. The Kier molecular flexibility index (Phi) is 6.65. The molecule has 5 heteroatoms. The number of rotatable bonds is 3. The molecule has 0 saturated heterocycles. The van der Waals surface area contributed by atoms with Crippen LogP contribution in [0.1, 0.15) is 50.9 Å². The molecule has 0 saturated carbocycles. The molecule has 0 radical (unpaired) electrons. The highest BCUT2D eigenvalue weighted by Crippen LogP contribution is 2.22. The van der Waals surface area contributed by atoms with Crippen LogP contribution in [0.15, 0.2) is 24.3 Å². The maximum absolute atomic E-state index is 12.8. The van der Waals surface area contributed by atoms with Crippen LogP contribution in [0, 0.1) is 11.8 Å². The van der Waals surface area contributed by atoms with Gasteiger partial charge in [0, 0.05) is 6.42 Å². The minimum absolute atomic E-state index is 0.347. The maximum atomic E-state index is 12.8. The van der Waals surface area contributed by atoms with E-state index in [0.717, 1.165) is 6.42 Å². The number of para-hydroxylation sites is 1. The number of nitrogens with one attached hydrogen (secondary N) is 1. The van der Waals surface area contributed by atoms with Crippen LogP contribution in [0.25, 0.3) is 0 Å². The Morgan fingerprint density at radius 3 is 2.48 bits per heavy atom. The number of hydrogen-bond acceptors (Lipinski definition) is 3. The van der Waals surface area contributed by atoms with E-state index in [-0.39, 0.29) is 5.91 Å². The lowest BCUT2D eigenvalue weighted by Crippen LogP contribution is -2.55. The number of hydrazine groups is 1. The first kappa shape index (κ1) is 18.6. The monoisotopic (exact) mass is 316 g/mol. The minimum atomic E-state index is -0.611. The van der Waals surface area contributed by atoms with Gasteiger partial charge in [0.25, 0.3) is 5.91 Å². The summed E-state index contributed by atoms with van der Waals surface area (Å²) in [5.74, 6) is 4.87. The minimum Gasteiger partial charge on any atom is -0.496 e. The predicted molar refractivity (Wildman–Crippen MR) is 89.7 cm³/mol. The molecule has 0 fully saturated rings. The molecular formula is C18H24N2O3. The van der Waals surface area contributed by atoms with Crippen molar-refractivity contribution < 1.29 is 14.3 Å². The number of carbonyl (C=O) groups excluding carboxylic acids is 2. The molecule has 0 aliphatic rings. The Morgan fingerprint density at radius 2 is 1.91 bits per heavy atom. The van der Waals surface area contributed by atoms with Gasteiger partial charge in [-0.3, -0.25) is 15.0 Å². The number of ether oxygens (including phenoxy) is 1. The summed E-state index contributed by atoms with van der Waals surface area (Å²) >= 11 is 0. The van der Waals surface area contributed by atoms with Crippen molar-refractivity contribution >= 4 is 11.8 Å². The van der Waals surface area contributed by atoms with Gasteiger partial charge in [-0.25, -0.2) is 5.01 Å². The first-order valence-corrected chi connectivity index (χ1v) is 7.58. The van der Waals surface area contributed by atoms with Gasteiger partial charge in [-0.15, -0.1) is 0 Å². The van der Waals surface area contributed by atoms with E-state index in [1.165, 1.54) is 12.1 Å². The lowest BCUT2D eigenvalue weighted by Gasteiger charge is -2.35. The summed E-state index contributed by atoms with van der Waals surface area (Å²) in [4.78, 5) is 24.8. The normalized spacial score (nSPS) is 10.3. The van der Waals surface area contributed by atoms with Crippen LogP contribution in [0.5, 0.6) is 5.75 Å². The van der Waals surface area contributed by atoms with E-state index in [9.17, 15) is 9.59 Å². The van der Waals surface area contributed by atoms with Gasteiger partial charge in [-0.1, -0.05) is 25.0 Å². The molecule has 2 amide bonds. The first-order chi connectivity index (χ1) is 10.8. The molecule has 0 aliphatic carbocycles. The van der Waals surface area contributed by atoms with Crippen LogP contribution in [0.4, 0.5) is 0 Å². The van der Waals surface area contributed by atoms with E-state index in [1.54, 1.807) is 24.3 Å². The zero-order chi connectivity index (χ0) is 17.5. The second-order valence-corrected chi connectivity index (χ2v) is 6.00. The van der Waals surface area contributed by atoms with Gasteiger partial charge in [-0.05, 0) is 45.2 Å². The Labute approximate surface area is 138 Å². The largest absolute Gasteiger partial charge is 0.496 e. The van der Waals surface area contributed by atoms with Crippen LogP contribution >= 0.6 is 0 Å². The molecule has 0 aromatic heterocycles. The lowest BCUT2D eigenvalue weighted by molar-refractivity contribution is -0.121. The number of nitrogens with zero attached hydrogens (tertiary/aromatic N) is 1. The number of amides is 2. The third-order valence-corrected chi connectivity index (χ3v) is 3.00. The summed E-state index contributed by atoms with van der Waals surface area (Å²) in [5, 5.41) is 1.29. The fourth-order valence-electron chi connectivity index (χ4n) is 1.86. The number of unbranched alkanes of at least 4 members (excludes halogenated alkanes) is 1. The standard InChI is InChI=1S/C18H24N2O3/c1-6-7-8-13-16(21)19-20(18(2,3)4)17(22)14-11-9-10-12-15(14)23-5/h9-12H,6-7H2,1-5H3,(H,19,21). The fourth-order valence-corrected chi connectivity index (χ4v) is 1.86. The van der Waals surface area contributed by atoms with Gasteiger partial charge in [0.1, 0.15) is 5.75 Å². The smallest absolute Gasteiger partial charge is 0.314 e. The van der Waals surface area contributed by atoms with E-state index in [1.807, 2.05) is 27.7 Å². The third-order valence-electron chi connectivity index (χ3n) is 3.00. The van der Waals surface area contributed by atoms with E-state index < -0.39 is 11.4 Å². The van der Waals surface area contributed by atoms with Gasteiger partial charge >= 0.3 is 5.91 Å². The van der Waals surface area contributed by atoms with Crippen molar-refractivity contribution in [1.82, 2.24) is 10.4 Å². The van der Waals surface area contributed by atoms with Gasteiger partial charge < -0.3 is 4.74 Å². The van der Waals surface area contributed by atoms with Crippen molar-refractivity contribution in [2.24, 2.45) is 0 Å². The van der Waals surface area contributed by atoms with Gasteiger partial charge in [0.05, 0.1) is 18.2 Å². The summed E-state index contributed by atoms with van der Waals surface area (Å²) in [6.45, 7) is 7.49. The lowest BCUT2D eigenvalue weighted by atomic mass is 10.1. The molecular weight excluding hydrogens is 292 g/mol. The highest BCUT2D eigenvalue weighted by Gasteiger charge is 2.30. The number of carbonyl (C=O) groups is 2. The molecule has 1 aromatic rings. The van der Waals surface area contributed by atoms with Crippen LogP contribution in [-0.2, 0) is 4.79 Å². The quantitative estimate of drug-likeness (QED) is 0.689. The predicted octanol–water partition coefficient (Wildman–Crippen LogP) is 2.77. The Morgan fingerprint density at radius 1 is 1.26 bits per heavy atom. The van der Waals surface area contributed by atoms with E-state index in [0.29, 0.717) is 17.7 Å². The highest BCUT2D eigenvalue weighted by molar-refractivity contribution is 6.00. The van der Waals surface area contributed by atoms with Crippen LogP contribution in [-0.4, -0.2) is 29.5 Å². The number of methoxy groups -OCH3 is 1. The number of hydrogen-bond donors (Lipinski definition) is 1. The highest BCUT2D eigenvalue weighted by atomic mass is 16.5. The molecule has 5 nitrogen and oxygen atoms in total. The summed E-state index contributed by atoms with van der Waals surface area (Å²) in [6.07, 6.45) is 1.52. The molecule has 0 unspecified atom stereocenters. The van der Waals surface area contributed by atoms with E-state index in [2.05, 4.69) is 17.3 Å². The zero-order valence-corrected chi connectivity index (χ0v) is 14.4. The van der Waals surface area contributed by atoms with Crippen molar-refractivity contribution in [2.75, 3.05) is 7.11 Å². The molecule has 1 rings (SSSR count). The van der Waals surface area contributed by atoms with E-state index >= 15 is 0 Å². The van der Waals surface area contributed by atoms with Gasteiger partial charge in [0.15, 0.2) is 0 Å². The summed E-state index contributed by atoms with van der Waals surface area (Å²) in [5.41, 5.74) is 2.35. The fraction of sp³-hybridized carbons (Fsp3) is 0.444. The van der Waals surface area contributed by atoms with Crippen molar-refractivity contribution in [1.29, 1.82) is 0 Å². The van der Waals surface area contributed by atoms with E-state index in [4.69, 9.17) is 4.74 Å². The summed E-state index contributed by atoms with van der Waals surface area (Å²) in [6, 6.07) is 6.90. The van der Waals surface area contributed by atoms with Crippen molar-refractivity contribution in [3.8, 4) is 17.6 Å².